The van der Waals surface area contributed by atoms with Crippen LogP contribution in [0.15, 0.2) is 65.0 Å². The van der Waals surface area contributed by atoms with Crippen LogP contribution in [0, 0.1) is 17.3 Å². The van der Waals surface area contributed by atoms with Gasteiger partial charge < -0.3 is 0 Å². The van der Waals surface area contributed by atoms with Crippen LogP contribution in [-0.4, -0.2) is 4.98 Å². The first kappa shape index (κ1) is 14.3. The van der Waals surface area contributed by atoms with Crippen molar-refractivity contribution in [1.29, 1.82) is 0 Å². The van der Waals surface area contributed by atoms with Crippen LogP contribution in [0.25, 0.3) is 0 Å². The molecule has 0 spiro atoms. The molecular formula is C21H23N3. The van der Waals surface area contributed by atoms with Crippen molar-refractivity contribution in [3.8, 4) is 0 Å². The van der Waals surface area contributed by atoms with Crippen LogP contribution < -0.4 is 0 Å². The van der Waals surface area contributed by atoms with Crippen LogP contribution in [-0.2, 0) is 11.1 Å². The molecule has 2 saturated carbocycles. The first-order valence-electron chi connectivity index (χ1n) is 9.06. The molecule has 0 N–H and O–H groups in total. The van der Waals surface area contributed by atoms with Crippen LogP contribution in [0.5, 0.6) is 0 Å². The highest BCUT2D eigenvalue weighted by Crippen LogP contribution is 2.77. The number of benzene rings is 1. The number of azo groups is 1. The molecule has 0 radical (unpaired) electrons. The van der Waals surface area contributed by atoms with E-state index in [2.05, 4.69) is 56.3 Å². The van der Waals surface area contributed by atoms with E-state index < -0.39 is 0 Å². The number of rotatable bonds is 2. The quantitative estimate of drug-likeness (QED) is 0.759. The van der Waals surface area contributed by atoms with Gasteiger partial charge in [-0.2, -0.15) is 10.2 Å². The number of hydrogen-bond donors (Lipinski definition) is 0. The molecule has 1 aliphatic heterocycles. The van der Waals surface area contributed by atoms with Crippen LogP contribution in [0.2, 0.25) is 0 Å². The molecule has 1 aromatic heterocycles. The Kier molecular flexibility index (Phi) is 2.70. The summed E-state index contributed by atoms with van der Waals surface area (Å²) in [5.74, 6) is 1.11. The van der Waals surface area contributed by atoms with Gasteiger partial charge >= 0.3 is 0 Å². The molecule has 4 atom stereocenters. The molecule has 122 valence electrons. The molecule has 0 amide bonds. The minimum Gasteiger partial charge on any atom is -0.259 e. The van der Waals surface area contributed by atoms with Crippen molar-refractivity contribution in [1.82, 2.24) is 4.98 Å². The van der Waals surface area contributed by atoms with Crippen molar-refractivity contribution in [2.24, 2.45) is 27.5 Å². The number of pyridine rings is 1. The van der Waals surface area contributed by atoms with Crippen molar-refractivity contribution in [3.05, 3.63) is 66.0 Å². The number of hydrogen-bond acceptors (Lipinski definition) is 3. The van der Waals surface area contributed by atoms with Crippen LogP contribution in [0.4, 0.5) is 0 Å². The monoisotopic (exact) mass is 317 g/mol. The third-order valence-electron chi connectivity index (χ3n) is 7.13. The normalized spacial score (nSPS) is 38.4. The zero-order valence-electron chi connectivity index (χ0n) is 14.3. The first-order chi connectivity index (χ1) is 11.6. The molecule has 2 fully saturated rings. The maximum Gasteiger partial charge on any atom is 0.134 e. The van der Waals surface area contributed by atoms with E-state index >= 15 is 0 Å². The summed E-state index contributed by atoms with van der Waals surface area (Å²) >= 11 is 0. The average Bonchev–Trinajstić information content (AvgIpc) is 3.24. The van der Waals surface area contributed by atoms with Gasteiger partial charge in [0.25, 0.3) is 0 Å². The summed E-state index contributed by atoms with van der Waals surface area (Å²) in [6.45, 7) is 4.74. The summed E-state index contributed by atoms with van der Waals surface area (Å²) in [6, 6.07) is 17.1. The number of aromatic nitrogens is 1. The van der Waals surface area contributed by atoms with E-state index in [0.29, 0.717) is 11.8 Å². The molecule has 0 saturated heterocycles. The molecule has 2 heterocycles. The van der Waals surface area contributed by atoms with Crippen molar-refractivity contribution in [2.45, 2.75) is 44.2 Å². The fraction of sp³-hybridized carbons (Fsp3) is 0.476. The number of nitrogens with zero attached hydrogens (tertiary/aromatic N) is 3. The minimum atomic E-state index is -0.286. The molecule has 0 unspecified atom stereocenters. The highest BCUT2D eigenvalue weighted by Gasteiger charge is 2.78. The summed E-state index contributed by atoms with van der Waals surface area (Å²) < 4.78 is 0. The van der Waals surface area contributed by atoms with Gasteiger partial charge in [-0.25, -0.2) is 0 Å². The van der Waals surface area contributed by atoms with Crippen molar-refractivity contribution in [3.63, 3.8) is 0 Å². The Labute approximate surface area is 143 Å². The highest BCUT2D eigenvalue weighted by molar-refractivity contribution is 5.43. The Hall–Kier alpha value is -2.03. The molecular weight excluding hydrogens is 294 g/mol. The lowest BCUT2D eigenvalue weighted by atomic mass is 9.62. The van der Waals surface area contributed by atoms with Gasteiger partial charge in [0.2, 0.25) is 0 Å². The molecule has 2 aromatic rings. The van der Waals surface area contributed by atoms with Gasteiger partial charge in [-0.1, -0.05) is 56.7 Å². The maximum atomic E-state index is 5.03. The van der Waals surface area contributed by atoms with Gasteiger partial charge in [0.15, 0.2) is 0 Å². The summed E-state index contributed by atoms with van der Waals surface area (Å²) in [6.07, 6.45) is 5.66. The SMILES string of the molecule is CC1(C)[C@]2(c3ccccn3)N=N[C@@]1(c1ccccc1)[C@H]1CCC[C@H]12. The second kappa shape index (κ2) is 4.53. The lowest BCUT2D eigenvalue weighted by Crippen LogP contribution is -2.45. The van der Waals surface area contributed by atoms with Gasteiger partial charge in [-0.3, -0.25) is 4.98 Å². The van der Waals surface area contributed by atoms with Crippen molar-refractivity contribution in [2.75, 3.05) is 0 Å². The Morgan fingerprint density at radius 2 is 1.50 bits per heavy atom. The van der Waals surface area contributed by atoms with Gasteiger partial charge in [0.05, 0.1) is 5.69 Å². The molecule has 3 aliphatic rings. The van der Waals surface area contributed by atoms with Gasteiger partial charge in [0.1, 0.15) is 11.1 Å². The van der Waals surface area contributed by atoms with Crippen LogP contribution in [0.3, 0.4) is 0 Å². The number of fused-ring (bicyclic) bond motifs is 5. The van der Waals surface area contributed by atoms with Gasteiger partial charge in [-0.05, 0) is 42.4 Å². The zero-order chi connectivity index (χ0) is 16.4. The van der Waals surface area contributed by atoms with Crippen LogP contribution in [0.1, 0.15) is 44.4 Å². The zero-order valence-corrected chi connectivity index (χ0v) is 14.3. The Morgan fingerprint density at radius 1 is 0.833 bits per heavy atom. The van der Waals surface area contributed by atoms with E-state index in [-0.39, 0.29) is 16.5 Å². The van der Waals surface area contributed by atoms with E-state index in [9.17, 15) is 0 Å². The average molecular weight is 317 g/mol. The topological polar surface area (TPSA) is 37.6 Å². The third-order valence-corrected chi connectivity index (χ3v) is 7.13. The first-order valence-corrected chi connectivity index (χ1v) is 9.06. The third kappa shape index (κ3) is 1.35. The van der Waals surface area contributed by atoms with E-state index in [1.54, 1.807) is 0 Å². The molecule has 2 bridgehead atoms. The predicted molar refractivity (Wildman–Crippen MR) is 93.5 cm³/mol. The molecule has 3 nitrogen and oxygen atoms in total. The Bertz CT molecular complexity index is 733. The highest BCUT2D eigenvalue weighted by atomic mass is 15.3. The summed E-state index contributed by atoms with van der Waals surface area (Å²) in [5, 5.41) is 10.0. The summed E-state index contributed by atoms with van der Waals surface area (Å²) in [7, 11) is 0. The predicted octanol–water partition coefficient (Wildman–Crippen LogP) is 5.09. The van der Waals surface area contributed by atoms with Crippen molar-refractivity contribution >= 4 is 0 Å². The van der Waals surface area contributed by atoms with E-state index in [0.717, 1.165) is 5.69 Å². The molecule has 24 heavy (non-hydrogen) atoms. The lowest BCUT2D eigenvalue weighted by molar-refractivity contribution is 0.137. The van der Waals surface area contributed by atoms with Crippen LogP contribution >= 0.6 is 0 Å². The second-order valence-corrected chi connectivity index (χ2v) is 8.08. The lowest BCUT2D eigenvalue weighted by Gasteiger charge is -2.41. The molecule has 2 aliphatic carbocycles. The van der Waals surface area contributed by atoms with Crippen molar-refractivity contribution < 1.29 is 0 Å². The second-order valence-electron chi connectivity index (χ2n) is 8.08. The molecule has 1 aromatic carbocycles. The summed E-state index contributed by atoms with van der Waals surface area (Å²) in [5.41, 5.74) is 1.85. The van der Waals surface area contributed by atoms with E-state index in [1.165, 1.54) is 24.8 Å². The summed E-state index contributed by atoms with van der Waals surface area (Å²) in [4.78, 5) is 4.76. The fourth-order valence-corrected chi connectivity index (χ4v) is 6.21. The smallest absolute Gasteiger partial charge is 0.134 e. The Balaban J connectivity index is 1.80. The largest absolute Gasteiger partial charge is 0.259 e. The standard InChI is InChI=1S/C21H23N3/c1-19(2)20(15-9-4-3-5-10-15)16-11-8-12-17(16)21(19,24-23-20)18-13-6-7-14-22-18/h3-7,9-10,13-14,16-17H,8,11-12H2,1-2H3/t16-,17+,20-,21-/m0/s1. The van der Waals surface area contributed by atoms with Gasteiger partial charge in [0, 0.05) is 11.6 Å². The van der Waals surface area contributed by atoms with Gasteiger partial charge in [-0.15, -0.1) is 0 Å². The maximum absolute atomic E-state index is 5.03. The van der Waals surface area contributed by atoms with E-state index in [1.807, 2.05) is 12.3 Å². The molecule has 5 rings (SSSR count). The Morgan fingerprint density at radius 3 is 2.21 bits per heavy atom. The fourth-order valence-electron chi connectivity index (χ4n) is 6.21. The van der Waals surface area contributed by atoms with E-state index in [4.69, 9.17) is 15.2 Å². The molecule has 3 heteroatoms. The minimum absolute atomic E-state index is 0.0779.